The van der Waals surface area contributed by atoms with E-state index in [1.165, 1.54) is 49.4 Å². The largest absolute Gasteiger partial charge is 0.481 e. The average molecular weight is 1580 g/mol. The Labute approximate surface area is 650 Å². The van der Waals surface area contributed by atoms with Gasteiger partial charge in [0.05, 0.1) is 107 Å². The molecule has 17 atom stereocenters. The van der Waals surface area contributed by atoms with Gasteiger partial charge in [0.2, 0.25) is 29.5 Å². The quantitative estimate of drug-likeness (QED) is 0.0255. The summed E-state index contributed by atoms with van der Waals surface area (Å²) >= 11 is 0. The van der Waals surface area contributed by atoms with Gasteiger partial charge in [-0.3, -0.25) is 38.5 Å². The Morgan fingerprint density at radius 1 is 0.591 bits per heavy atom. The molecule has 6 unspecified atom stereocenters. The van der Waals surface area contributed by atoms with Crippen molar-refractivity contribution in [3.63, 3.8) is 0 Å². The van der Waals surface area contributed by atoms with Crippen molar-refractivity contribution in [3.05, 3.63) is 35.9 Å². The number of nitrogens with one attached hydrogen (secondary N) is 5. The van der Waals surface area contributed by atoms with E-state index in [-0.39, 0.29) is 133 Å². The number of rotatable bonds is 52. The van der Waals surface area contributed by atoms with Crippen LogP contribution in [0.5, 0.6) is 0 Å². The molecular weight excluding hydrogens is 1440 g/mol. The first-order valence-corrected chi connectivity index (χ1v) is 37.7. The van der Waals surface area contributed by atoms with Gasteiger partial charge in [0.25, 0.3) is 0 Å². The number of likely N-dealkylation sites (N-methyl/N-ethyl adjacent to an activating group) is 2. The Bertz CT molecular complexity index is 2750. The van der Waals surface area contributed by atoms with E-state index in [2.05, 4.69) is 26.6 Å². The van der Waals surface area contributed by atoms with Crippen molar-refractivity contribution in [1.29, 1.82) is 0 Å². The van der Waals surface area contributed by atoms with Crippen molar-refractivity contribution in [2.45, 2.75) is 239 Å². The summed E-state index contributed by atoms with van der Waals surface area (Å²) in [6.07, 6.45) is -5.48. The Morgan fingerprint density at radius 3 is 1.55 bits per heavy atom. The summed E-state index contributed by atoms with van der Waals surface area (Å²) in [4.78, 5) is 135. The summed E-state index contributed by atoms with van der Waals surface area (Å²) in [5.41, 5.74) is 0.761. The summed E-state index contributed by atoms with van der Waals surface area (Å²) in [5.74, 6) is -5.69. The molecule has 1 saturated heterocycles. The molecule has 1 heterocycles. The Hall–Kier alpha value is -7.00. The highest BCUT2D eigenvalue weighted by molar-refractivity contribution is 5.91. The number of carbonyl (C=O) groups excluding carboxylic acids is 9. The van der Waals surface area contributed by atoms with Gasteiger partial charge in [-0.2, -0.15) is 0 Å². The number of methoxy groups -OCH3 is 5. The first-order chi connectivity index (χ1) is 52.1. The van der Waals surface area contributed by atoms with Crippen LogP contribution < -0.4 is 26.6 Å². The van der Waals surface area contributed by atoms with Crippen LogP contribution in [0.2, 0.25) is 0 Å². The summed E-state index contributed by atoms with van der Waals surface area (Å²) in [5, 5.41) is 57.4. The first-order valence-electron chi connectivity index (χ1n) is 37.7. The number of carbonyl (C=O) groups is 10. The van der Waals surface area contributed by atoms with Crippen molar-refractivity contribution in [2.24, 2.45) is 23.7 Å². The molecule has 0 aromatic heterocycles. The molecule has 1 aliphatic rings. The molecule has 636 valence electrons. The van der Waals surface area contributed by atoms with Crippen LogP contribution in [0.25, 0.3) is 0 Å². The molecule has 0 spiro atoms. The van der Waals surface area contributed by atoms with E-state index in [0.717, 1.165) is 5.56 Å². The third-order valence-electron chi connectivity index (χ3n) is 18.2. The molecule has 0 aliphatic carbocycles. The number of esters is 2. The van der Waals surface area contributed by atoms with Gasteiger partial charge < -0.3 is 119 Å². The molecule has 0 radical (unpaired) electrons. The molecule has 0 bridgehead atoms. The van der Waals surface area contributed by atoms with Gasteiger partial charge in [0.15, 0.2) is 25.0 Å². The van der Waals surface area contributed by atoms with Crippen LogP contribution in [0.3, 0.4) is 0 Å². The van der Waals surface area contributed by atoms with Crippen LogP contribution in [-0.2, 0) is 102 Å². The number of hydrogen-bond donors (Lipinski definition) is 10. The molecule has 0 saturated carbocycles. The number of aliphatic hydroxyl groups excluding tert-OH is 4. The fourth-order valence-corrected chi connectivity index (χ4v) is 11.7. The number of alkyl carbamates (subject to hydrolysis) is 2. The summed E-state index contributed by atoms with van der Waals surface area (Å²) in [7, 11) is 12.6. The predicted molar refractivity (Wildman–Crippen MR) is 403 cm³/mol. The molecule has 10 N–H and O–H groups in total. The number of ether oxygens (including phenoxy) is 12. The molecule has 35 nitrogen and oxygen atoms in total. The summed E-state index contributed by atoms with van der Waals surface area (Å²) in [6, 6.07) is 5.70. The number of nitrogens with zero attached hydrogens (tertiary/aromatic N) is 3. The number of aliphatic hydroxyl groups is 4. The molecule has 35 heteroatoms. The fraction of sp³-hybridized carbons (Fsp3) is 0.787. The second-order valence-corrected chi connectivity index (χ2v) is 27.5. The van der Waals surface area contributed by atoms with Crippen LogP contribution in [0, 0.1) is 23.7 Å². The van der Waals surface area contributed by atoms with Gasteiger partial charge in [-0.25, -0.2) is 14.4 Å². The minimum Gasteiger partial charge on any atom is -0.481 e. The fourth-order valence-electron chi connectivity index (χ4n) is 11.7. The highest BCUT2D eigenvalue weighted by Gasteiger charge is 2.44. The van der Waals surface area contributed by atoms with E-state index >= 15 is 0 Å². The van der Waals surface area contributed by atoms with E-state index in [1.807, 2.05) is 112 Å². The lowest BCUT2D eigenvalue weighted by Crippen LogP contribution is -2.59. The highest BCUT2D eigenvalue weighted by atomic mass is 16.7. The second kappa shape index (κ2) is 57.9. The first kappa shape index (κ1) is 103. The van der Waals surface area contributed by atoms with Crippen LogP contribution in [-0.4, -0.2) is 314 Å². The van der Waals surface area contributed by atoms with Crippen molar-refractivity contribution < 1.29 is 130 Å². The highest BCUT2D eigenvalue weighted by Crippen LogP contribution is 2.30. The van der Waals surface area contributed by atoms with Gasteiger partial charge >= 0.3 is 30.1 Å². The minimum atomic E-state index is -1.33. The zero-order valence-corrected chi connectivity index (χ0v) is 68.6. The maximum atomic E-state index is 14.5. The standard InChI is InChI=1S/C57H97N7O16.C11H21NO7.C7H16O4/c1-17-36(7)50(63(13)55(71)48(34(3)4)61-54(70)49(35(5)6)62(11)12)44(74-14)30-45(66)64-28-22-25-43(64)51(76-16)38(9)52(68)60-42(29-40-23-20-19-21-24-40)53(69)59-31-37(8)78-56(72)39(10)79-46(67)26-27-58-57(73)77-33-47(75-15)80-41(18-2)32-65;1-3-8(6-13)19-10(17-2)7-18-11(16)12-5-4-9(14)15;1-3-6(4-8)11-7(5-9)10-2/h19-21,23-24,34-39,41-44,47-51,65H,17-18,22,25-33H2,1-16H3,(H,58,73)(H,59,69)(H,60,68)(H,61,70);8,10,13H,3-7H2,1-2H3,(H,12,16)(H,14,15);6-9H,3-5H2,1-2H3/t36-,37-,38+,39-,41?,42-,43-,44+,47?,48-,49-,50-,51+;;/m0../s1. The van der Waals surface area contributed by atoms with Gasteiger partial charge in [0, 0.05) is 68.7 Å². The van der Waals surface area contributed by atoms with Crippen LogP contribution in [0.4, 0.5) is 9.59 Å². The lowest BCUT2D eigenvalue weighted by molar-refractivity contribution is -0.181. The second-order valence-electron chi connectivity index (χ2n) is 27.5. The number of amides is 7. The third kappa shape index (κ3) is 39.5. The minimum absolute atomic E-state index is 0.00100. The van der Waals surface area contributed by atoms with Gasteiger partial charge in [-0.15, -0.1) is 0 Å². The average Bonchev–Trinajstić information content (AvgIpc) is 1.38. The Morgan fingerprint density at radius 2 is 1.11 bits per heavy atom. The van der Waals surface area contributed by atoms with Crippen LogP contribution in [0.1, 0.15) is 146 Å². The normalized spacial score (nSPS) is 17.1. The number of hydrogen-bond acceptors (Lipinski definition) is 27. The topological polar surface area (TPSA) is 452 Å². The lowest BCUT2D eigenvalue weighted by atomic mass is 9.89. The zero-order valence-electron chi connectivity index (χ0n) is 68.6. The van der Waals surface area contributed by atoms with Crippen molar-refractivity contribution in [2.75, 3.05) is 123 Å². The maximum Gasteiger partial charge on any atom is 0.407 e. The van der Waals surface area contributed by atoms with Gasteiger partial charge in [-0.05, 0) is 83.4 Å². The molecular formula is C75H134N8O27. The molecule has 1 aliphatic heterocycles. The van der Waals surface area contributed by atoms with E-state index in [9.17, 15) is 53.1 Å². The summed E-state index contributed by atoms with van der Waals surface area (Å²) < 4.78 is 63.3. The zero-order chi connectivity index (χ0) is 83.8. The number of benzene rings is 1. The Kier molecular flexibility index (Phi) is 54.3. The molecule has 110 heavy (non-hydrogen) atoms. The monoisotopic (exact) mass is 1580 g/mol. The van der Waals surface area contributed by atoms with Crippen molar-refractivity contribution >= 4 is 59.6 Å². The van der Waals surface area contributed by atoms with E-state index < -0.39 is 127 Å². The molecule has 2 rings (SSSR count). The summed E-state index contributed by atoms with van der Waals surface area (Å²) in [6.45, 7) is 20.8. The molecule has 7 amide bonds. The molecule has 1 aromatic carbocycles. The van der Waals surface area contributed by atoms with Crippen molar-refractivity contribution in [1.82, 2.24) is 41.3 Å². The lowest BCUT2D eigenvalue weighted by Gasteiger charge is -2.41. The third-order valence-corrected chi connectivity index (χ3v) is 18.2. The number of carboxylic acids is 1. The van der Waals surface area contributed by atoms with Crippen LogP contribution in [0.15, 0.2) is 30.3 Å². The molecule has 1 fully saturated rings. The van der Waals surface area contributed by atoms with Gasteiger partial charge in [0.1, 0.15) is 31.4 Å². The predicted octanol–water partition coefficient (Wildman–Crippen LogP) is 2.90. The van der Waals surface area contributed by atoms with Crippen molar-refractivity contribution in [3.8, 4) is 0 Å². The van der Waals surface area contributed by atoms with E-state index in [4.69, 9.17) is 77.3 Å². The number of carboxylic acid groups (broad SMARTS) is 1. The Balaban J connectivity index is 0.00000327. The number of aliphatic carboxylic acids is 1. The maximum absolute atomic E-state index is 14.5. The van der Waals surface area contributed by atoms with Crippen LogP contribution >= 0.6 is 0 Å². The van der Waals surface area contributed by atoms with E-state index in [1.54, 1.807) is 23.8 Å². The number of likely N-dealkylation sites (tertiary alicyclic amines) is 1. The smallest absolute Gasteiger partial charge is 0.407 e. The van der Waals surface area contributed by atoms with E-state index in [0.29, 0.717) is 45.1 Å². The SMILES string of the molecule is CCC(CO)OC(CO)OC.CCC(CO)OC(COC(=O)NCCC(=O)O)OC.CCC(CO)OC(COC(=O)NCCC(=O)O[C@@H](C)C(=O)O[C@@H](C)CNC(=O)[C@H](Cc1ccccc1)NC(=O)[C@H](C)[C@@H](OC)[C@@H]1CCCN1C(=O)C[C@@H](OC)[C@H]([C@@H](C)CC)N(C)C(=O)[C@@H](NC(=O)[C@H](C(C)C)N(C)C)C(C)C)OC. The van der Waals surface area contributed by atoms with Gasteiger partial charge in [-0.1, -0.05) is 106 Å². The molecule has 1 aromatic rings.